The fourth-order valence-electron chi connectivity index (χ4n) is 3.40. The highest BCUT2D eigenvalue weighted by atomic mass is 35.5. The van der Waals surface area contributed by atoms with Crippen molar-refractivity contribution in [1.29, 1.82) is 0 Å². The van der Waals surface area contributed by atoms with Gasteiger partial charge in [0.05, 0.1) is 23.2 Å². The van der Waals surface area contributed by atoms with Crippen molar-refractivity contribution in [1.82, 2.24) is 14.1 Å². The zero-order valence-electron chi connectivity index (χ0n) is 19.4. The number of aliphatic imine (C=N–C) groups is 1. The van der Waals surface area contributed by atoms with Crippen LogP contribution in [-0.2, 0) is 26.1 Å². The van der Waals surface area contributed by atoms with Crippen molar-refractivity contribution in [2.24, 2.45) is 4.99 Å². The molecule has 0 atom stereocenters. The first kappa shape index (κ1) is 26.4. The molecule has 2 aromatic carbocycles. The van der Waals surface area contributed by atoms with E-state index in [2.05, 4.69) is 9.89 Å². The van der Waals surface area contributed by atoms with E-state index >= 15 is 0 Å². The molecule has 1 amide bonds. The lowest BCUT2D eigenvalue weighted by Gasteiger charge is -2.20. The third-order valence-corrected chi connectivity index (χ3v) is 8.33. The third kappa shape index (κ3) is 6.28. The van der Waals surface area contributed by atoms with Crippen LogP contribution in [0.4, 0.5) is 0 Å². The van der Waals surface area contributed by atoms with E-state index in [1.165, 1.54) is 25.2 Å². The fourth-order valence-corrected chi connectivity index (χ4v) is 5.29. The number of hydrogen-bond acceptors (Lipinski definition) is 6. The summed E-state index contributed by atoms with van der Waals surface area (Å²) in [7, 11) is 1.31. The zero-order chi connectivity index (χ0) is 24.9. The number of nitrogens with zero attached hydrogens (tertiary/aromatic N) is 4. The summed E-state index contributed by atoms with van der Waals surface area (Å²) < 4.78 is 32.0. The number of amides is 1. The largest absolute Gasteiger partial charge is 0.370 e. The standard InChI is InChI=1S/C23H28Cl2N4O4S/c1-27-12-11-26-23(27)18-9-7-17(8-10-18)15-28(2)21(30)16-33-14-13-29(3)34(31,32)20-6-4-5-19(24)22(20)25/h4-10H,11-16H2,1-3H3. The smallest absolute Gasteiger partial charge is 0.248 e. The lowest BCUT2D eigenvalue weighted by Crippen LogP contribution is -2.33. The van der Waals surface area contributed by atoms with E-state index in [0.29, 0.717) is 6.54 Å². The number of sulfonamides is 1. The second-order valence-electron chi connectivity index (χ2n) is 8.00. The van der Waals surface area contributed by atoms with E-state index in [0.717, 1.165) is 34.4 Å². The lowest BCUT2D eigenvalue weighted by molar-refractivity contribution is -0.135. The molecule has 0 saturated carbocycles. The summed E-state index contributed by atoms with van der Waals surface area (Å²) in [4.78, 5) is 20.5. The van der Waals surface area contributed by atoms with Crippen molar-refractivity contribution in [3.05, 3.63) is 63.6 Å². The van der Waals surface area contributed by atoms with Crippen LogP contribution in [0.3, 0.4) is 0 Å². The normalized spacial score (nSPS) is 13.9. The second-order valence-corrected chi connectivity index (χ2v) is 10.8. The van der Waals surface area contributed by atoms with Crippen LogP contribution in [0, 0.1) is 0 Å². The van der Waals surface area contributed by atoms with Gasteiger partial charge in [-0.05, 0) is 17.7 Å². The van der Waals surface area contributed by atoms with Crippen LogP contribution in [0.2, 0.25) is 10.0 Å². The Morgan fingerprint density at radius 3 is 2.50 bits per heavy atom. The molecule has 0 aliphatic carbocycles. The Kier molecular flexibility index (Phi) is 8.95. The molecule has 0 spiro atoms. The maximum atomic E-state index is 12.7. The van der Waals surface area contributed by atoms with Crippen LogP contribution in [0.25, 0.3) is 0 Å². The Labute approximate surface area is 210 Å². The van der Waals surface area contributed by atoms with Gasteiger partial charge in [0, 0.05) is 46.3 Å². The van der Waals surface area contributed by atoms with Crippen LogP contribution in [0.15, 0.2) is 52.4 Å². The van der Waals surface area contributed by atoms with Gasteiger partial charge in [0.1, 0.15) is 17.3 Å². The molecule has 1 aliphatic heterocycles. The molecular formula is C23H28Cl2N4O4S. The number of halogens is 2. The van der Waals surface area contributed by atoms with Gasteiger partial charge in [0.25, 0.3) is 0 Å². The first-order valence-electron chi connectivity index (χ1n) is 10.7. The van der Waals surface area contributed by atoms with E-state index in [1.807, 2.05) is 31.3 Å². The van der Waals surface area contributed by atoms with Gasteiger partial charge in [-0.2, -0.15) is 4.31 Å². The van der Waals surface area contributed by atoms with Gasteiger partial charge in [-0.3, -0.25) is 9.79 Å². The van der Waals surface area contributed by atoms with Crippen molar-refractivity contribution in [2.45, 2.75) is 11.4 Å². The maximum Gasteiger partial charge on any atom is 0.248 e. The number of amidine groups is 1. The molecule has 0 bridgehead atoms. The number of carbonyl (C=O) groups excluding carboxylic acids is 1. The molecule has 0 aromatic heterocycles. The van der Waals surface area contributed by atoms with Crippen molar-refractivity contribution in [2.75, 3.05) is 54.0 Å². The summed E-state index contributed by atoms with van der Waals surface area (Å²) in [6, 6.07) is 12.4. The quantitative estimate of drug-likeness (QED) is 0.444. The predicted octanol–water partition coefficient (Wildman–Crippen LogP) is 2.98. The SMILES string of the molecule is CN(Cc1ccc(C2=NCCN2C)cc1)C(=O)COCCN(C)S(=O)(=O)c1cccc(Cl)c1Cl. The highest BCUT2D eigenvalue weighted by molar-refractivity contribution is 7.89. The predicted molar refractivity (Wildman–Crippen MR) is 134 cm³/mol. The zero-order valence-corrected chi connectivity index (χ0v) is 21.7. The molecule has 0 unspecified atom stereocenters. The molecule has 2 aromatic rings. The van der Waals surface area contributed by atoms with E-state index < -0.39 is 10.0 Å². The summed E-state index contributed by atoms with van der Waals surface area (Å²) in [5.41, 5.74) is 2.05. The van der Waals surface area contributed by atoms with Crippen LogP contribution >= 0.6 is 23.2 Å². The highest BCUT2D eigenvalue weighted by Gasteiger charge is 2.24. The molecule has 0 radical (unpaired) electrons. The summed E-state index contributed by atoms with van der Waals surface area (Å²) >= 11 is 12.0. The summed E-state index contributed by atoms with van der Waals surface area (Å²) in [6.45, 7) is 2.12. The molecule has 1 aliphatic rings. The van der Waals surface area contributed by atoms with E-state index in [9.17, 15) is 13.2 Å². The Morgan fingerprint density at radius 1 is 1.15 bits per heavy atom. The molecule has 0 N–H and O–H groups in total. The molecule has 0 fully saturated rings. The summed E-state index contributed by atoms with van der Waals surface area (Å²) in [5.74, 6) is 0.779. The highest BCUT2D eigenvalue weighted by Crippen LogP contribution is 2.30. The molecule has 0 saturated heterocycles. The average molecular weight is 527 g/mol. The minimum absolute atomic E-state index is 0.0231. The molecule has 184 valence electrons. The second kappa shape index (κ2) is 11.5. The molecule has 11 heteroatoms. The number of rotatable bonds is 10. The van der Waals surface area contributed by atoms with Gasteiger partial charge >= 0.3 is 0 Å². The maximum absolute atomic E-state index is 12.7. The lowest BCUT2D eigenvalue weighted by atomic mass is 10.1. The van der Waals surface area contributed by atoms with E-state index in [-0.39, 0.29) is 40.6 Å². The average Bonchev–Trinajstić information content (AvgIpc) is 3.24. The van der Waals surface area contributed by atoms with Gasteiger partial charge in [0.15, 0.2) is 0 Å². The fraction of sp³-hybridized carbons (Fsp3) is 0.391. The summed E-state index contributed by atoms with van der Waals surface area (Å²) in [6.07, 6.45) is 0. The first-order valence-corrected chi connectivity index (χ1v) is 12.9. The minimum Gasteiger partial charge on any atom is -0.370 e. The van der Waals surface area contributed by atoms with Crippen molar-refractivity contribution in [3.8, 4) is 0 Å². The third-order valence-electron chi connectivity index (χ3n) is 5.50. The van der Waals surface area contributed by atoms with Gasteiger partial charge < -0.3 is 14.5 Å². The molecule has 8 nitrogen and oxygen atoms in total. The van der Waals surface area contributed by atoms with Crippen LogP contribution < -0.4 is 0 Å². The van der Waals surface area contributed by atoms with Crippen LogP contribution in [-0.4, -0.2) is 88.3 Å². The van der Waals surface area contributed by atoms with Gasteiger partial charge in [-0.15, -0.1) is 0 Å². The Hall–Kier alpha value is -2.17. The van der Waals surface area contributed by atoms with Crippen LogP contribution in [0.1, 0.15) is 11.1 Å². The number of hydrogen-bond donors (Lipinski definition) is 0. The van der Waals surface area contributed by atoms with Gasteiger partial charge in [-0.25, -0.2) is 8.42 Å². The number of carbonyl (C=O) groups is 1. The molecular weight excluding hydrogens is 499 g/mol. The topological polar surface area (TPSA) is 82.5 Å². The minimum atomic E-state index is -3.83. The van der Waals surface area contributed by atoms with Crippen LogP contribution in [0.5, 0.6) is 0 Å². The van der Waals surface area contributed by atoms with E-state index in [4.69, 9.17) is 27.9 Å². The summed E-state index contributed by atoms with van der Waals surface area (Å²) in [5, 5.41) is 0.139. The molecule has 34 heavy (non-hydrogen) atoms. The number of likely N-dealkylation sites (N-methyl/N-ethyl adjacent to an activating group) is 3. The monoisotopic (exact) mass is 526 g/mol. The molecule has 3 rings (SSSR count). The van der Waals surface area contributed by atoms with Gasteiger partial charge in [0.2, 0.25) is 15.9 Å². The Bertz CT molecular complexity index is 1160. The Balaban J connectivity index is 1.45. The van der Waals surface area contributed by atoms with E-state index in [1.54, 1.807) is 11.9 Å². The van der Waals surface area contributed by atoms with Crippen molar-refractivity contribution >= 4 is 45.0 Å². The van der Waals surface area contributed by atoms with Crippen molar-refractivity contribution in [3.63, 3.8) is 0 Å². The van der Waals surface area contributed by atoms with Crippen molar-refractivity contribution < 1.29 is 17.9 Å². The number of benzene rings is 2. The first-order chi connectivity index (χ1) is 16.1. The number of ether oxygens (including phenoxy) is 1. The molecule has 1 heterocycles. The van der Waals surface area contributed by atoms with Gasteiger partial charge in [-0.1, -0.05) is 53.5 Å². The Morgan fingerprint density at radius 2 is 1.85 bits per heavy atom.